The van der Waals surface area contributed by atoms with Crippen LogP contribution in [0.4, 0.5) is 13.2 Å². The summed E-state index contributed by atoms with van der Waals surface area (Å²) < 4.78 is 37.2. The second-order valence-corrected chi connectivity index (χ2v) is 5.64. The molecule has 4 nitrogen and oxygen atoms in total. The van der Waals surface area contributed by atoms with Gasteiger partial charge in [0.25, 0.3) is 0 Å². The zero-order chi connectivity index (χ0) is 14.6. The Kier molecular flexibility index (Phi) is 4.85. The number of aromatic nitrogens is 1. The summed E-state index contributed by atoms with van der Waals surface area (Å²) in [5.41, 5.74) is 5.03. The lowest BCUT2D eigenvalue weighted by molar-refractivity contribution is -0.140. The number of likely N-dealkylation sites (tertiary alicyclic amines) is 1. The average molecular weight is 306 g/mol. The molecule has 0 aliphatic carbocycles. The second kappa shape index (κ2) is 6.43. The van der Waals surface area contributed by atoms with Crippen LogP contribution in [0.1, 0.15) is 36.4 Å². The molecule has 0 spiro atoms. The van der Waals surface area contributed by atoms with Gasteiger partial charge in [0.05, 0.1) is 6.54 Å². The third kappa shape index (κ3) is 4.09. The van der Waals surface area contributed by atoms with Gasteiger partial charge in [0.2, 0.25) is 0 Å². The summed E-state index contributed by atoms with van der Waals surface area (Å²) in [5.74, 6) is 0.399. The number of alkyl halides is 3. The Balaban J connectivity index is 1.95. The number of hydrogen-bond donors (Lipinski definition) is 1. The second-order valence-electron chi connectivity index (χ2n) is 4.70. The van der Waals surface area contributed by atoms with Gasteiger partial charge in [-0.2, -0.15) is 13.2 Å². The molecular formula is C12H17F3N4S. The van der Waals surface area contributed by atoms with Crippen molar-refractivity contribution in [3.8, 4) is 0 Å². The van der Waals surface area contributed by atoms with Crippen LogP contribution in [0.25, 0.3) is 0 Å². The van der Waals surface area contributed by atoms with Crippen molar-refractivity contribution in [3.05, 3.63) is 16.1 Å². The minimum absolute atomic E-state index is 0.100. The van der Waals surface area contributed by atoms with Gasteiger partial charge in [0.15, 0.2) is 11.7 Å². The molecule has 20 heavy (non-hydrogen) atoms. The lowest BCUT2D eigenvalue weighted by atomic mass is 10.2. The standard InChI is InChI=1S/C12H17F3N4S/c13-12(14,15)9-8-20-10(18-9)7-17-11(16)19-5-3-1-2-4-6-19/h8H,1-7H2,(H2,16,17). The number of rotatable bonds is 2. The van der Waals surface area contributed by atoms with E-state index in [4.69, 9.17) is 5.73 Å². The van der Waals surface area contributed by atoms with Gasteiger partial charge in [-0.05, 0) is 12.8 Å². The fraction of sp³-hybridized carbons (Fsp3) is 0.667. The summed E-state index contributed by atoms with van der Waals surface area (Å²) in [7, 11) is 0. The van der Waals surface area contributed by atoms with Crippen LogP contribution in [-0.2, 0) is 12.7 Å². The highest BCUT2D eigenvalue weighted by atomic mass is 32.1. The van der Waals surface area contributed by atoms with Crippen molar-refractivity contribution in [3.63, 3.8) is 0 Å². The maximum atomic E-state index is 12.4. The number of guanidine groups is 1. The Bertz CT molecular complexity index is 462. The number of nitrogens with two attached hydrogens (primary N) is 1. The van der Waals surface area contributed by atoms with Crippen LogP contribution in [-0.4, -0.2) is 28.9 Å². The summed E-state index contributed by atoms with van der Waals surface area (Å²) in [6.45, 7) is 1.82. The molecule has 2 rings (SSSR count). The highest BCUT2D eigenvalue weighted by Gasteiger charge is 2.33. The lowest BCUT2D eigenvalue weighted by Crippen LogP contribution is -2.38. The Morgan fingerprint density at radius 2 is 1.95 bits per heavy atom. The topological polar surface area (TPSA) is 54.5 Å². The van der Waals surface area contributed by atoms with Crippen molar-refractivity contribution in [2.45, 2.75) is 38.4 Å². The van der Waals surface area contributed by atoms with E-state index in [2.05, 4.69) is 9.98 Å². The zero-order valence-electron chi connectivity index (χ0n) is 11.0. The van der Waals surface area contributed by atoms with Crippen molar-refractivity contribution in [2.75, 3.05) is 13.1 Å². The highest BCUT2D eigenvalue weighted by Crippen LogP contribution is 2.30. The summed E-state index contributed by atoms with van der Waals surface area (Å²) >= 11 is 0.957. The van der Waals surface area contributed by atoms with Gasteiger partial charge in [-0.25, -0.2) is 9.98 Å². The van der Waals surface area contributed by atoms with E-state index in [9.17, 15) is 13.2 Å². The minimum Gasteiger partial charge on any atom is -0.370 e. The van der Waals surface area contributed by atoms with Crippen molar-refractivity contribution < 1.29 is 13.2 Å². The maximum Gasteiger partial charge on any atom is 0.434 e. The first-order chi connectivity index (χ1) is 9.47. The first-order valence-electron chi connectivity index (χ1n) is 6.53. The number of hydrogen-bond acceptors (Lipinski definition) is 3. The molecule has 2 heterocycles. The molecule has 8 heteroatoms. The lowest BCUT2D eigenvalue weighted by Gasteiger charge is -2.20. The van der Waals surface area contributed by atoms with E-state index >= 15 is 0 Å². The van der Waals surface area contributed by atoms with Gasteiger partial charge in [-0.3, -0.25) is 0 Å². The third-order valence-electron chi connectivity index (χ3n) is 3.15. The highest BCUT2D eigenvalue weighted by molar-refractivity contribution is 7.09. The Hall–Kier alpha value is -1.31. The molecule has 2 N–H and O–H groups in total. The molecule has 0 aromatic carbocycles. The average Bonchev–Trinajstić information content (AvgIpc) is 2.70. The number of halogens is 3. The van der Waals surface area contributed by atoms with Crippen LogP contribution < -0.4 is 5.73 Å². The Morgan fingerprint density at radius 3 is 2.50 bits per heavy atom. The van der Waals surface area contributed by atoms with Crippen molar-refractivity contribution in [1.82, 2.24) is 9.88 Å². The van der Waals surface area contributed by atoms with E-state index in [0.29, 0.717) is 11.0 Å². The summed E-state index contributed by atoms with van der Waals surface area (Å²) in [6, 6.07) is 0. The van der Waals surface area contributed by atoms with Crippen molar-refractivity contribution in [1.29, 1.82) is 0 Å². The first kappa shape index (κ1) is 15.1. The fourth-order valence-corrected chi connectivity index (χ4v) is 2.79. The molecule has 112 valence electrons. The smallest absolute Gasteiger partial charge is 0.370 e. The van der Waals surface area contributed by atoms with Crippen LogP contribution in [0.3, 0.4) is 0 Å². The molecule has 0 radical (unpaired) electrons. The summed E-state index contributed by atoms with van der Waals surface area (Å²) in [5, 5.41) is 1.34. The number of aliphatic imine (C=N–C) groups is 1. The monoisotopic (exact) mass is 306 g/mol. The molecule has 0 saturated carbocycles. The van der Waals surface area contributed by atoms with Crippen molar-refractivity contribution in [2.24, 2.45) is 10.7 Å². The molecule has 1 aliphatic heterocycles. The summed E-state index contributed by atoms with van der Waals surface area (Å²) in [6.07, 6.45) is 0.128. The van der Waals surface area contributed by atoms with E-state index < -0.39 is 11.9 Å². The van der Waals surface area contributed by atoms with E-state index in [1.54, 1.807) is 0 Å². The molecule has 1 saturated heterocycles. The van der Waals surface area contributed by atoms with Crippen LogP contribution in [0, 0.1) is 0 Å². The predicted octanol–water partition coefficient (Wildman–Crippen LogP) is 2.85. The van der Waals surface area contributed by atoms with Gasteiger partial charge >= 0.3 is 6.18 Å². The quantitative estimate of drug-likeness (QED) is 0.675. The molecule has 0 bridgehead atoms. The van der Waals surface area contributed by atoms with Crippen LogP contribution in [0.5, 0.6) is 0 Å². The zero-order valence-corrected chi connectivity index (χ0v) is 11.8. The van der Waals surface area contributed by atoms with E-state index in [1.165, 1.54) is 12.8 Å². The predicted molar refractivity (Wildman–Crippen MR) is 72.5 cm³/mol. The molecule has 1 aliphatic rings. The van der Waals surface area contributed by atoms with Crippen LogP contribution in [0.2, 0.25) is 0 Å². The summed E-state index contributed by atoms with van der Waals surface area (Å²) in [4.78, 5) is 9.68. The van der Waals surface area contributed by atoms with Gasteiger partial charge in [0, 0.05) is 18.5 Å². The first-order valence-corrected chi connectivity index (χ1v) is 7.41. The van der Waals surface area contributed by atoms with E-state index in [1.807, 2.05) is 4.90 Å². The maximum absolute atomic E-state index is 12.4. The van der Waals surface area contributed by atoms with Crippen LogP contribution >= 0.6 is 11.3 Å². The van der Waals surface area contributed by atoms with Gasteiger partial charge < -0.3 is 10.6 Å². The molecular weight excluding hydrogens is 289 g/mol. The molecule has 0 unspecified atom stereocenters. The largest absolute Gasteiger partial charge is 0.434 e. The Morgan fingerprint density at radius 1 is 1.30 bits per heavy atom. The van der Waals surface area contributed by atoms with Crippen LogP contribution in [0.15, 0.2) is 10.4 Å². The molecule has 1 aromatic rings. The SMILES string of the molecule is NC(=NCc1nc(C(F)(F)F)cs1)N1CCCCCC1. The van der Waals surface area contributed by atoms with Gasteiger partial charge in [-0.1, -0.05) is 12.8 Å². The number of thiazole rings is 1. The van der Waals surface area contributed by atoms with E-state index in [-0.39, 0.29) is 6.54 Å². The molecule has 1 fully saturated rings. The molecule has 0 amide bonds. The van der Waals surface area contributed by atoms with Gasteiger partial charge in [-0.15, -0.1) is 11.3 Å². The normalized spacial score (nSPS) is 18.1. The third-order valence-corrected chi connectivity index (χ3v) is 3.98. The van der Waals surface area contributed by atoms with E-state index in [0.717, 1.165) is 42.6 Å². The molecule has 0 atom stereocenters. The van der Waals surface area contributed by atoms with Gasteiger partial charge in [0.1, 0.15) is 5.01 Å². The minimum atomic E-state index is -4.39. The Labute approximate surface area is 119 Å². The number of nitrogens with zero attached hydrogens (tertiary/aromatic N) is 3. The van der Waals surface area contributed by atoms with Crippen molar-refractivity contribution >= 4 is 17.3 Å². The molecule has 1 aromatic heterocycles. The fourth-order valence-electron chi connectivity index (χ4n) is 2.06.